The van der Waals surface area contributed by atoms with Crippen LogP contribution >= 0.6 is 11.6 Å². The Hall–Kier alpha value is -3.04. The van der Waals surface area contributed by atoms with Crippen molar-refractivity contribution in [3.05, 3.63) is 94.5 Å². The van der Waals surface area contributed by atoms with Gasteiger partial charge in [0.2, 0.25) is 5.91 Å². The van der Waals surface area contributed by atoms with E-state index in [9.17, 15) is 26.4 Å². The highest BCUT2D eigenvalue weighted by atomic mass is 35.5. The Kier molecular flexibility index (Phi) is 8.68. The van der Waals surface area contributed by atoms with Crippen molar-refractivity contribution in [1.29, 1.82) is 0 Å². The van der Waals surface area contributed by atoms with Gasteiger partial charge in [0.15, 0.2) is 0 Å². The lowest BCUT2D eigenvalue weighted by Crippen LogP contribution is -2.43. The molecule has 5 nitrogen and oxygen atoms in total. The highest BCUT2D eigenvalue weighted by Gasteiger charge is 2.35. The summed E-state index contributed by atoms with van der Waals surface area (Å²) < 4.78 is 68.0. The van der Waals surface area contributed by atoms with Gasteiger partial charge >= 0.3 is 6.18 Å². The Labute approximate surface area is 213 Å². The van der Waals surface area contributed by atoms with Gasteiger partial charge in [-0.3, -0.25) is 9.10 Å². The molecule has 1 N–H and O–H groups in total. The zero-order valence-electron chi connectivity index (χ0n) is 19.7. The molecule has 3 aromatic carbocycles. The maximum atomic E-state index is 13.5. The summed E-state index contributed by atoms with van der Waals surface area (Å²) in [5.41, 5.74) is 0.376. The predicted molar refractivity (Wildman–Crippen MR) is 135 cm³/mol. The largest absolute Gasteiger partial charge is 0.417 e. The molecule has 36 heavy (non-hydrogen) atoms. The van der Waals surface area contributed by atoms with E-state index in [1.54, 1.807) is 26.0 Å². The molecular formula is C26H26ClF3N2O3S. The van der Waals surface area contributed by atoms with Crippen molar-refractivity contribution >= 4 is 33.2 Å². The number of alkyl halides is 3. The van der Waals surface area contributed by atoms with E-state index in [4.69, 9.17) is 11.6 Å². The van der Waals surface area contributed by atoms with Crippen LogP contribution in [0.15, 0.2) is 77.7 Å². The van der Waals surface area contributed by atoms with Gasteiger partial charge in [-0.05, 0) is 62.6 Å². The van der Waals surface area contributed by atoms with Crippen LogP contribution in [0.3, 0.4) is 0 Å². The van der Waals surface area contributed by atoms with Gasteiger partial charge in [-0.2, -0.15) is 13.2 Å². The molecule has 3 aromatic rings. The fourth-order valence-electron chi connectivity index (χ4n) is 3.59. The first-order chi connectivity index (χ1) is 16.9. The topological polar surface area (TPSA) is 66.5 Å². The summed E-state index contributed by atoms with van der Waals surface area (Å²) in [6, 6.07) is 17.9. The van der Waals surface area contributed by atoms with Crippen LogP contribution in [0, 0.1) is 6.92 Å². The average Bonchev–Trinajstić information content (AvgIpc) is 2.82. The third-order valence-electron chi connectivity index (χ3n) is 5.56. The molecule has 1 amide bonds. The lowest BCUT2D eigenvalue weighted by Gasteiger charge is -2.26. The van der Waals surface area contributed by atoms with E-state index in [1.165, 1.54) is 12.1 Å². The molecule has 1 atom stereocenters. The number of rotatable bonds is 9. The Bertz CT molecular complexity index is 1300. The minimum atomic E-state index is -4.80. The van der Waals surface area contributed by atoms with Crippen LogP contribution in [-0.4, -0.2) is 26.9 Å². The number of hydrogen-bond acceptors (Lipinski definition) is 3. The summed E-state index contributed by atoms with van der Waals surface area (Å²) in [5.74, 6) is -0.644. The van der Waals surface area contributed by atoms with E-state index in [-0.39, 0.29) is 16.6 Å². The van der Waals surface area contributed by atoms with Crippen LogP contribution in [0.4, 0.5) is 18.9 Å². The first kappa shape index (κ1) is 27.5. The molecule has 0 fully saturated rings. The number of sulfonamides is 1. The third kappa shape index (κ3) is 7.01. The number of benzene rings is 3. The number of hydrogen-bond donors (Lipinski definition) is 1. The van der Waals surface area contributed by atoms with Crippen molar-refractivity contribution in [2.45, 2.75) is 43.8 Å². The number of amides is 1. The number of aryl methyl sites for hydroxylation is 2. The first-order valence-electron chi connectivity index (χ1n) is 11.2. The molecule has 0 unspecified atom stereocenters. The Morgan fingerprint density at radius 3 is 2.28 bits per heavy atom. The summed E-state index contributed by atoms with van der Waals surface area (Å²) >= 11 is 5.73. The smallest absolute Gasteiger partial charge is 0.352 e. The fraction of sp³-hybridized carbons (Fsp3) is 0.269. The van der Waals surface area contributed by atoms with E-state index in [0.717, 1.165) is 23.3 Å². The van der Waals surface area contributed by atoms with Crippen molar-refractivity contribution in [3.8, 4) is 0 Å². The summed E-state index contributed by atoms with van der Waals surface area (Å²) in [6.45, 7) is 2.85. The summed E-state index contributed by atoms with van der Waals surface area (Å²) in [7, 11) is -4.37. The molecule has 3 rings (SSSR count). The molecule has 0 bridgehead atoms. The summed E-state index contributed by atoms with van der Waals surface area (Å²) in [6.07, 6.45) is -3.51. The fourth-order valence-corrected chi connectivity index (χ4v) is 5.23. The van der Waals surface area contributed by atoms with Gasteiger partial charge in [0.05, 0.1) is 21.2 Å². The molecule has 0 saturated carbocycles. The van der Waals surface area contributed by atoms with Crippen LogP contribution in [-0.2, 0) is 27.4 Å². The van der Waals surface area contributed by atoms with Gasteiger partial charge in [0, 0.05) is 6.04 Å². The predicted octanol–water partition coefficient (Wildman–Crippen LogP) is 6.00. The third-order valence-corrected chi connectivity index (χ3v) is 7.67. The quantitative estimate of drug-likeness (QED) is 0.363. The van der Waals surface area contributed by atoms with Gasteiger partial charge in [0.25, 0.3) is 10.0 Å². The second-order valence-electron chi connectivity index (χ2n) is 8.48. The minimum Gasteiger partial charge on any atom is -0.352 e. The number of carbonyl (C=O) groups is 1. The molecule has 0 aliphatic carbocycles. The standard InChI is InChI=1S/C26H26ClF3N2O3S/c1-18-8-13-22(14-9-18)36(34,35)32(21-12-15-24(27)23(16-21)26(28,29)30)17-25(33)31-19(2)10-11-20-6-4-3-5-7-20/h3-9,12-16,19H,10-11,17H2,1-2H3,(H,31,33)/t19-/m1/s1. The van der Waals surface area contributed by atoms with Gasteiger partial charge < -0.3 is 5.32 Å². The molecule has 0 saturated heterocycles. The second kappa shape index (κ2) is 11.3. The highest BCUT2D eigenvalue weighted by molar-refractivity contribution is 7.92. The second-order valence-corrected chi connectivity index (χ2v) is 10.7. The van der Waals surface area contributed by atoms with Crippen molar-refractivity contribution in [3.63, 3.8) is 0 Å². The van der Waals surface area contributed by atoms with Gasteiger partial charge in [-0.15, -0.1) is 0 Å². The summed E-state index contributed by atoms with van der Waals surface area (Å²) in [4.78, 5) is 12.7. The first-order valence-corrected chi connectivity index (χ1v) is 13.0. The molecular weight excluding hydrogens is 513 g/mol. The van der Waals surface area contributed by atoms with Crippen LogP contribution in [0.25, 0.3) is 0 Å². The monoisotopic (exact) mass is 538 g/mol. The van der Waals surface area contributed by atoms with Crippen molar-refractivity contribution in [1.82, 2.24) is 5.32 Å². The van der Waals surface area contributed by atoms with Crippen molar-refractivity contribution in [2.24, 2.45) is 0 Å². The van der Waals surface area contributed by atoms with Crippen LogP contribution in [0.2, 0.25) is 5.02 Å². The Morgan fingerprint density at radius 1 is 1.03 bits per heavy atom. The zero-order valence-corrected chi connectivity index (χ0v) is 21.3. The maximum Gasteiger partial charge on any atom is 0.417 e. The van der Waals surface area contributed by atoms with Gasteiger partial charge in [-0.25, -0.2) is 8.42 Å². The molecule has 0 aliphatic rings. The van der Waals surface area contributed by atoms with Crippen LogP contribution in [0.1, 0.15) is 30.0 Å². The molecule has 0 radical (unpaired) electrons. The molecule has 10 heteroatoms. The van der Waals surface area contributed by atoms with E-state index < -0.39 is 39.2 Å². The van der Waals surface area contributed by atoms with Gasteiger partial charge in [0.1, 0.15) is 6.54 Å². The average molecular weight is 539 g/mol. The normalized spacial score (nSPS) is 12.7. The number of nitrogens with one attached hydrogen (secondary N) is 1. The SMILES string of the molecule is Cc1ccc(S(=O)(=O)N(CC(=O)N[C@H](C)CCc2ccccc2)c2ccc(Cl)c(C(F)(F)F)c2)cc1. The van der Waals surface area contributed by atoms with Crippen molar-refractivity contribution in [2.75, 3.05) is 10.8 Å². The minimum absolute atomic E-state index is 0.151. The number of anilines is 1. The van der Waals surface area contributed by atoms with Crippen molar-refractivity contribution < 1.29 is 26.4 Å². The highest BCUT2D eigenvalue weighted by Crippen LogP contribution is 2.38. The Morgan fingerprint density at radius 2 is 1.67 bits per heavy atom. The number of nitrogens with zero attached hydrogens (tertiary/aromatic N) is 1. The number of carbonyl (C=O) groups excluding carboxylic acids is 1. The van der Waals surface area contributed by atoms with E-state index in [2.05, 4.69) is 5.32 Å². The Balaban J connectivity index is 1.88. The van der Waals surface area contributed by atoms with E-state index >= 15 is 0 Å². The molecule has 0 aromatic heterocycles. The molecule has 0 heterocycles. The zero-order chi connectivity index (χ0) is 26.5. The number of halogens is 4. The molecule has 0 spiro atoms. The lowest BCUT2D eigenvalue weighted by atomic mass is 10.1. The van der Waals surface area contributed by atoms with Crippen LogP contribution in [0.5, 0.6) is 0 Å². The summed E-state index contributed by atoms with van der Waals surface area (Å²) in [5, 5.41) is 2.17. The lowest BCUT2D eigenvalue weighted by molar-refractivity contribution is -0.137. The molecule has 0 aliphatic heterocycles. The van der Waals surface area contributed by atoms with Crippen LogP contribution < -0.4 is 9.62 Å². The molecule has 192 valence electrons. The van der Waals surface area contributed by atoms with E-state index in [0.29, 0.717) is 23.2 Å². The van der Waals surface area contributed by atoms with E-state index in [1.807, 2.05) is 30.3 Å². The van der Waals surface area contributed by atoms with Gasteiger partial charge in [-0.1, -0.05) is 59.6 Å². The maximum absolute atomic E-state index is 13.5.